The summed E-state index contributed by atoms with van der Waals surface area (Å²) in [5.41, 5.74) is 1.26. The molecule has 256 valence electrons. The Labute approximate surface area is 271 Å². The van der Waals surface area contributed by atoms with Gasteiger partial charge in [-0.05, 0) is 42.2 Å². The molecule has 3 atom stereocenters. The van der Waals surface area contributed by atoms with Crippen LogP contribution < -0.4 is 10.6 Å². The summed E-state index contributed by atoms with van der Waals surface area (Å²) < 4.78 is 55.0. The van der Waals surface area contributed by atoms with Gasteiger partial charge in [0.1, 0.15) is 12.7 Å². The molecule has 1 aliphatic rings. The van der Waals surface area contributed by atoms with E-state index in [1.165, 1.54) is 28.6 Å². The first-order chi connectivity index (χ1) is 22.1. The molecule has 0 aliphatic carbocycles. The number of hydrogen-bond acceptors (Lipinski definition) is 10. The topological polar surface area (TPSA) is 162 Å². The largest absolute Gasteiger partial charge is 0.444 e. The van der Waals surface area contributed by atoms with Crippen molar-refractivity contribution in [3.63, 3.8) is 0 Å². The van der Waals surface area contributed by atoms with Crippen molar-refractivity contribution in [3.05, 3.63) is 60.2 Å². The minimum Gasteiger partial charge on any atom is -0.444 e. The van der Waals surface area contributed by atoms with Crippen molar-refractivity contribution >= 4 is 27.7 Å². The van der Waals surface area contributed by atoms with Crippen LogP contribution in [0.3, 0.4) is 0 Å². The minimum absolute atomic E-state index is 0.00369. The molecule has 2 amide bonds. The molecule has 0 radical (unpaired) electrons. The van der Waals surface area contributed by atoms with Crippen molar-refractivity contribution in [1.29, 1.82) is 0 Å². The highest BCUT2D eigenvalue weighted by Crippen LogP contribution is 2.21. The number of sulfonamides is 1. The van der Waals surface area contributed by atoms with Crippen LogP contribution in [0.15, 0.2) is 59.5 Å². The molecule has 0 unspecified atom stereocenters. The van der Waals surface area contributed by atoms with Crippen molar-refractivity contribution in [1.82, 2.24) is 9.62 Å². The van der Waals surface area contributed by atoms with Crippen molar-refractivity contribution in [3.8, 4) is 0 Å². The Kier molecular flexibility index (Phi) is 15.9. The molecule has 1 heterocycles. The van der Waals surface area contributed by atoms with E-state index in [2.05, 4.69) is 10.6 Å². The zero-order valence-corrected chi connectivity index (χ0v) is 27.6. The number of carbonyl (C=O) groups is 2. The van der Waals surface area contributed by atoms with Gasteiger partial charge in [0.2, 0.25) is 15.9 Å². The van der Waals surface area contributed by atoms with Crippen LogP contribution in [-0.4, -0.2) is 115 Å². The minimum atomic E-state index is -4.06. The van der Waals surface area contributed by atoms with Gasteiger partial charge in [0, 0.05) is 32.3 Å². The molecule has 1 saturated heterocycles. The third kappa shape index (κ3) is 12.9. The van der Waals surface area contributed by atoms with E-state index in [1.807, 2.05) is 44.2 Å². The van der Waals surface area contributed by atoms with Gasteiger partial charge in [0.25, 0.3) is 0 Å². The lowest BCUT2D eigenvalue weighted by atomic mass is 10.0. The maximum absolute atomic E-state index is 13.8. The smallest absolute Gasteiger partial charge is 0.407 e. The highest BCUT2D eigenvalue weighted by Gasteiger charge is 2.32. The Hall–Kier alpha value is -3.11. The van der Waals surface area contributed by atoms with Gasteiger partial charge in [-0.1, -0.05) is 44.2 Å². The Morgan fingerprint density at radius 1 is 1.00 bits per heavy atom. The lowest BCUT2D eigenvalue weighted by molar-refractivity contribution is -0.121. The fourth-order valence-corrected chi connectivity index (χ4v) is 6.31. The summed E-state index contributed by atoms with van der Waals surface area (Å²) in [4.78, 5) is 25.0. The molecule has 0 bridgehead atoms. The first-order valence-electron chi connectivity index (χ1n) is 15.4. The lowest BCUT2D eigenvalue weighted by Gasteiger charge is -2.30. The number of benzene rings is 2. The van der Waals surface area contributed by atoms with E-state index in [-0.39, 0.29) is 49.6 Å². The van der Waals surface area contributed by atoms with E-state index in [9.17, 15) is 23.1 Å². The van der Waals surface area contributed by atoms with Crippen LogP contribution in [0.5, 0.6) is 0 Å². The number of aliphatic hydroxyl groups excluding tert-OH is 1. The predicted molar refractivity (Wildman–Crippen MR) is 171 cm³/mol. The molecule has 0 saturated carbocycles. The second-order valence-corrected chi connectivity index (χ2v) is 13.3. The van der Waals surface area contributed by atoms with E-state index in [1.54, 1.807) is 7.11 Å². The first kappa shape index (κ1) is 37.3. The molecule has 46 heavy (non-hydrogen) atoms. The number of nitrogens with zero attached hydrogens (tertiary/aromatic N) is 1. The monoisotopic (exact) mass is 665 g/mol. The zero-order valence-electron chi connectivity index (χ0n) is 26.8. The van der Waals surface area contributed by atoms with Gasteiger partial charge >= 0.3 is 6.09 Å². The number of hydrogen-bond donors (Lipinski definition) is 3. The second-order valence-electron chi connectivity index (χ2n) is 11.3. The standard InChI is InChI=1S/C32H47N3O10S/c1-24(2)20-35(21-30(36)29(19-25-7-5-4-6-8-25)34-32(38)45-27-13-14-43-22-27)46(39,40)28-11-9-26(10-12-28)33-31(37)23-44-18-17-42-16-15-41-3/h4-12,24,27,29-30,36H,13-23H2,1-3H3,(H,33,37)(H,34,38)/t27-,29+,30-/m0/s1. The molecule has 2 aromatic rings. The van der Waals surface area contributed by atoms with Gasteiger partial charge in [-0.15, -0.1) is 0 Å². The fraction of sp³-hybridized carbons (Fsp3) is 0.562. The van der Waals surface area contributed by atoms with E-state index in [0.29, 0.717) is 45.1 Å². The van der Waals surface area contributed by atoms with Crippen LogP contribution in [-0.2, 0) is 44.9 Å². The van der Waals surface area contributed by atoms with Crippen molar-refractivity contribution in [2.75, 3.05) is 71.8 Å². The Morgan fingerprint density at radius 3 is 2.35 bits per heavy atom. The number of methoxy groups -OCH3 is 1. The Balaban J connectivity index is 1.65. The number of ether oxygens (including phenoxy) is 5. The van der Waals surface area contributed by atoms with E-state index < -0.39 is 34.2 Å². The number of amides is 2. The number of rotatable bonds is 20. The zero-order chi connectivity index (χ0) is 33.4. The third-order valence-electron chi connectivity index (χ3n) is 7.00. The summed E-state index contributed by atoms with van der Waals surface area (Å²) >= 11 is 0. The molecular formula is C32H47N3O10S. The average Bonchev–Trinajstić information content (AvgIpc) is 3.53. The highest BCUT2D eigenvalue weighted by molar-refractivity contribution is 7.89. The summed E-state index contributed by atoms with van der Waals surface area (Å²) in [5.74, 6) is -0.452. The van der Waals surface area contributed by atoms with Gasteiger partial charge in [0.15, 0.2) is 0 Å². The summed E-state index contributed by atoms with van der Waals surface area (Å²) in [7, 11) is -2.49. The molecule has 0 spiro atoms. The number of anilines is 1. The van der Waals surface area contributed by atoms with Crippen LogP contribution >= 0.6 is 0 Å². The number of alkyl carbamates (subject to hydrolysis) is 1. The Morgan fingerprint density at radius 2 is 1.70 bits per heavy atom. The molecule has 1 aliphatic heterocycles. The summed E-state index contributed by atoms with van der Waals surface area (Å²) in [5, 5.41) is 16.8. The van der Waals surface area contributed by atoms with E-state index in [0.717, 1.165) is 5.56 Å². The molecule has 3 rings (SSSR count). The molecule has 1 fully saturated rings. The Bertz CT molecular complexity index is 1290. The van der Waals surface area contributed by atoms with Crippen molar-refractivity contribution in [2.45, 2.75) is 49.8 Å². The SMILES string of the molecule is COCCOCCOCC(=O)Nc1ccc(S(=O)(=O)N(CC(C)C)C[C@H](O)[C@@H](Cc2ccccc2)NC(=O)O[C@H]2CCOC2)cc1. The quantitative estimate of drug-likeness (QED) is 0.179. The number of nitrogens with one attached hydrogen (secondary N) is 2. The number of carbonyl (C=O) groups excluding carboxylic acids is 2. The van der Waals surface area contributed by atoms with Crippen molar-refractivity contribution in [2.24, 2.45) is 5.92 Å². The predicted octanol–water partition coefficient (Wildman–Crippen LogP) is 2.44. The third-order valence-corrected chi connectivity index (χ3v) is 8.85. The second kappa shape index (κ2) is 19.5. The average molecular weight is 666 g/mol. The van der Waals surface area contributed by atoms with Gasteiger partial charge in [0.05, 0.1) is 56.7 Å². The first-order valence-corrected chi connectivity index (χ1v) is 16.8. The van der Waals surface area contributed by atoms with E-state index >= 15 is 0 Å². The van der Waals surface area contributed by atoms with Crippen LogP contribution in [0.4, 0.5) is 10.5 Å². The fourth-order valence-electron chi connectivity index (χ4n) is 4.69. The maximum Gasteiger partial charge on any atom is 0.407 e. The summed E-state index contributed by atoms with van der Waals surface area (Å²) in [6, 6.07) is 14.2. The molecule has 3 N–H and O–H groups in total. The van der Waals surface area contributed by atoms with Gasteiger partial charge in [-0.2, -0.15) is 4.31 Å². The van der Waals surface area contributed by atoms with E-state index in [4.69, 9.17) is 23.7 Å². The van der Waals surface area contributed by atoms with Crippen LogP contribution in [0.1, 0.15) is 25.8 Å². The van der Waals surface area contributed by atoms with Gasteiger partial charge < -0.3 is 39.4 Å². The summed E-state index contributed by atoms with van der Waals surface area (Å²) in [6.07, 6.45) is -1.50. The lowest BCUT2D eigenvalue weighted by Crippen LogP contribution is -2.51. The van der Waals surface area contributed by atoms with Crippen LogP contribution in [0, 0.1) is 5.92 Å². The van der Waals surface area contributed by atoms with Crippen LogP contribution in [0.2, 0.25) is 0 Å². The van der Waals surface area contributed by atoms with Crippen molar-refractivity contribution < 1.29 is 46.8 Å². The molecule has 0 aromatic heterocycles. The van der Waals surface area contributed by atoms with Crippen LogP contribution in [0.25, 0.3) is 0 Å². The highest BCUT2D eigenvalue weighted by atomic mass is 32.2. The maximum atomic E-state index is 13.8. The number of aliphatic hydroxyl groups is 1. The molecular weight excluding hydrogens is 618 g/mol. The van der Waals surface area contributed by atoms with Gasteiger partial charge in [-0.3, -0.25) is 4.79 Å². The molecule has 13 nitrogen and oxygen atoms in total. The summed E-state index contributed by atoms with van der Waals surface area (Å²) in [6.45, 7) is 5.72. The van der Waals surface area contributed by atoms with Gasteiger partial charge in [-0.25, -0.2) is 13.2 Å². The molecule has 14 heteroatoms. The normalized spacial score (nSPS) is 16.3. The molecule has 2 aromatic carbocycles.